The average molecular weight is 474 g/mol. The first-order valence-electron chi connectivity index (χ1n) is 10.7. The van der Waals surface area contributed by atoms with E-state index in [1.807, 2.05) is 31.4 Å². The Labute approximate surface area is 192 Å². The highest BCUT2D eigenvalue weighted by molar-refractivity contribution is 7.89. The summed E-state index contributed by atoms with van der Waals surface area (Å²) in [5.41, 5.74) is 1.12. The van der Waals surface area contributed by atoms with Crippen LogP contribution in [-0.4, -0.2) is 35.7 Å². The number of aryl methyl sites for hydroxylation is 1. The standard InChI is InChI=1S/C23H27N3O4S2/c1-15-6-4-7-16(2)26(15)32(28,29)19-11-9-18(10-12-19)24-22(27)14-20-17(3)30-23(25-20)21-8-5-13-31-21/h5,8-13,15-16H,4,6-7,14H2,1-3H3,(H,24,27). The molecule has 9 heteroatoms. The van der Waals surface area contributed by atoms with Gasteiger partial charge >= 0.3 is 0 Å². The summed E-state index contributed by atoms with van der Waals surface area (Å²) in [5.74, 6) is 0.874. The Morgan fingerprint density at radius 1 is 1.19 bits per heavy atom. The number of hydrogen-bond acceptors (Lipinski definition) is 6. The molecule has 2 aromatic heterocycles. The largest absolute Gasteiger partial charge is 0.440 e. The van der Waals surface area contributed by atoms with Crippen molar-refractivity contribution in [2.45, 2.75) is 63.4 Å². The second kappa shape index (κ2) is 9.17. The van der Waals surface area contributed by atoms with E-state index in [4.69, 9.17) is 4.42 Å². The zero-order chi connectivity index (χ0) is 22.9. The maximum atomic E-state index is 13.1. The third-order valence-electron chi connectivity index (χ3n) is 5.78. The molecule has 1 aromatic carbocycles. The predicted molar refractivity (Wildman–Crippen MR) is 125 cm³/mol. The van der Waals surface area contributed by atoms with E-state index in [0.29, 0.717) is 23.0 Å². The Hall–Kier alpha value is -2.49. The van der Waals surface area contributed by atoms with Crippen LogP contribution in [0.3, 0.4) is 0 Å². The molecule has 3 heterocycles. The van der Waals surface area contributed by atoms with Crippen molar-refractivity contribution in [3.05, 3.63) is 53.2 Å². The minimum absolute atomic E-state index is 0.0205. The smallest absolute Gasteiger partial charge is 0.243 e. The van der Waals surface area contributed by atoms with E-state index in [0.717, 1.165) is 24.1 Å². The summed E-state index contributed by atoms with van der Waals surface area (Å²) < 4.78 is 33.6. The van der Waals surface area contributed by atoms with Crippen molar-refractivity contribution < 1.29 is 17.6 Å². The molecular weight excluding hydrogens is 446 g/mol. The van der Waals surface area contributed by atoms with Crippen LogP contribution >= 0.6 is 11.3 Å². The zero-order valence-corrected chi connectivity index (χ0v) is 20.0. The van der Waals surface area contributed by atoms with Gasteiger partial charge in [-0.2, -0.15) is 4.31 Å². The fraction of sp³-hybridized carbons (Fsp3) is 0.391. The predicted octanol–water partition coefficient (Wildman–Crippen LogP) is 4.84. The van der Waals surface area contributed by atoms with Crippen LogP contribution in [-0.2, 0) is 21.2 Å². The van der Waals surface area contributed by atoms with E-state index in [1.165, 1.54) is 11.3 Å². The van der Waals surface area contributed by atoms with Gasteiger partial charge in [-0.15, -0.1) is 11.3 Å². The summed E-state index contributed by atoms with van der Waals surface area (Å²) in [6.45, 7) is 5.70. The number of aromatic nitrogens is 1. The average Bonchev–Trinajstić information content (AvgIpc) is 3.38. The molecule has 3 aromatic rings. The number of nitrogens with zero attached hydrogens (tertiary/aromatic N) is 2. The maximum absolute atomic E-state index is 13.1. The molecule has 1 saturated heterocycles. The zero-order valence-electron chi connectivity index (χ0n) is 18.4. The third kappa shape index (κ3) is 4.65. The number of hydrogen-bond donors (Lipinski definition) is 1. The highest BCUT2D eigenvalue weighted by atomic mass is 32.2. The van der Waals surface area contributed by atoms with Crippen LogP contribution in [0, 0.1) is 6.92 Å². The molecule has 0 spiro atoms. The molecule has 1 amide bonds. The third-order valence-corrected chi connectivity index (χ3v) is 8.78. The molecule has 1 N–H and O–H groups in total. The second-order valence-electron chi connectivity index (χ2n) is 8.21. The first-order chi connectivity index (χ1) is 15.3. The normalized spacial score (nSPS) is 19.7. The monoisotopic (exact) mass is 473 g/mol. The van der Waals surface area contributed by atoms with Crippen molar-refractivity contribution in [1.82, 2.24) is 9.29 Å². The van der Waals surface area contributed by atoms with Crippen LogP contribution in [0.1, 0.15) is 44.6 Å². The summed E-state index contributed by atoms with van der Waals surface area (Å²) in [6, 6.07) is 10.1. The van der Waals surface area contributed by atoms with Crippen molar-refractivity contribution in [3.63, 3.8) is 0 Å². The summed E-state index contributed by atoms with van der Waals surface area (Å²) >= 11 is 1.52. The molecule has 2 atom stereocenters. The van der Waals surface area contributed by atoms with Crippen molar-refractivity contribution in [3.8, 4) is 10.8 Å². The molecule has 4 rings (SSSR count). The van der Waals surface area contributed by atoms with Crippen LogP contribution < -0.4 is 5.32 Å². The fourth-order valence-corrected chi connectivity index (χ4v) is 6.69. The van der Waals surface area contributed by atoms with Gasteiger partial charge in [0.25, 0.3) is 0 Å². The molecule has 2 unspecified atom stereocenters. The summed E-state index contributed by atoms with van der Waals surface area (Å²) in [4.78, 5) is 18.1. The Bertz CT molecular complexity index is 1170. The second-order valence-corrected chi connectivity index (χ2v) is 11.0. The number of sulfonamides is 1. The molecule has 0 saturated carbocycles. The van der Waals surface area contributed by atoms with Gasteiger partial charge in [-0.25, -0.2) is 13.4 Å². The molecule has 0 aliphatic carbocycles. The van der Waals surface area contributed by atoms with E-state index in [-0.39, 0.29) is 29.3 Å². The molecule has 170 valence electrons. The van der Waals surface area contributed by atoms with Gasteiger partial charge in [-0.3, -0.25) is 4.79 Å². The number of anilines is 1. The summed E-state index contributed by atoms with van der Waals surface area (Å²) in [6.07, 6.45) is 2.85. The van der Waals surface area contributed by atoms with E-state index >= 15 is 0 Å². The molecule has 0 radical (unpaired) electrons. The van der Waals surface area contributed by atoms with E-state index in [1.54, 1.807) is 35.5 Å². The highest BCUT2D eigenvalue weighted by Gasteiger charge is 2.35. The SMILES string of the molecule is Cc1oc(-c2cccs2)nc1CC(=O)Nc1ccc(S(=O)(=O)N2C(C)CCCC2C)cc1. The van der Waals surface area contributed by atoms with E-state index in [9.17, 15) is 13.2 Å². The maximum Gasteiger partial charge on any atom is 0.243 e. The number of nitrogens with one attached hydrogen (secondary N) is 1. The van der Waals surface area contributed by atoms with Crippen molar-refractivity contribution in [2.75, 3.05) is 5.32 Å². The number of amides is 1. The van der Waals surface area contributed by atoms with Crippen LogP contribution in [0.4, 0.5) is 5.69 Å². The number of benzene rings is 1. The number of thiophene rings is 1. The van der Waals surface area contributed by atoms with Crippen LogP contribution in [0.5, 0.6) is 0 Å². The van der Waals surface area contributed by atoms with Crippen LogP contribution in [0.25, 0.3) is 10.8 Å². The van der Waals surface area contributed by atoms with Gasteiger partial charge in [0.05, 0.1) is 21.9 Å². The number of piperidine rings is 1. The highest BCUT2D eigenvalue weighted by Crippen LogP contribution is 2.30. The number of oxazole rings is 1. The lowest BCUT2D eigenvalue weighted by atomic mass is 10.0. The Morgan fingerprint density at radius 3 is 2.50 bits per heavy atom. The van der Waals surface area contributed by atoms with Gasteiger partial charge < -0.3 is 9.73 Å². The number of rotatable bonds is 6. The molecule has 1 fully saturated rings. The first kappa shape index (κ1) is 22.7. The van der Waals surface area contributed by atoms with Crippen LogP contribution in [0.15, 0.2) is 51.1 Å². The molecule has 1 aliphatic heterocycles. The lowest BCUT2D eigenvalue weighted by molar-refractivity contribution is -0.115. The van der Waals surface area contributed by atoms with Gasteiger partial charge in [-0.05, 0) is 69.3 Å². The lowest BCUT2D eigenvalue weighted by Crippen LogP contribution is -2.47. The molecular formula is C23H27N3O4S2. The molecule has 7 nitrogen and oxygen atoms in total. The minimum Gasteiger partial charge on any atom is -0.440 e. The van der Waals surface area contributed by atoms with Crippen molar-refractivity contribution in [2.24, 2.45) is 0 Å². The van der Waals surface area contributed by atoms with Gasteiger partial charge in [0.15, 0.2) is 0 Å². The van der Waals surface area contributed by atoms with Crippen molar-refractivity contribution in [1.29, 1.82) is 0 Å². The Morgan fingerprint density at radius 2 is 1.88 bits per heavy atom. The van der Waals surface area contributed by atoms with Gasteiger partial charge in [0, 0.05) is 17.8 Å². The van der Waals surface area contributed by atoms with E-state index < -0.39 is 10.0 Å². The van der Waals surface area contributed by atoms with Gasteiger partial charge in [0.2, 0.25) is 21.8 Å². The van der Waals surface area contributed by atoms with Crippen LogP contribution in [0.2, 0.25) is 0 Å². The molecule has 32 heavy (non-hydrogen) atoms. The minimum atomic E-state index is -3.58. The van der Waals surface area contributed by atoms with Gasteiger partial charge in [-0.1, -0.05) is 12.5 Å². The topological polar surface area (TPSA) is 92.5 Å². The lowest BCUT2D eigenvalue weighted by Gasteiger charge is -2.37. The fourth-order valence-electron chi connectivity index (χ4n) is 4.16. The van der Waals surface area contributed by atoms with E-state index in [2.05, 4.69) is 10.3 Å². The Kier molecular flexibility index (Phi) is 6.50. The van der Waals surface area contributed by atoms with Crippen molar-refractivity contribution >= 4 is 33.0 Å². The summed E-state index contributed by atoms with van der Waals surface area (Å²) in [5, 5.41) is 4.75. The quantitative estimate of drug-likeness (QED) is 0.553. The summed E-state index contributed by atoms with van der Waals surface area (Å²) in [7, 11) is -3.58. The molecule has 1 aliphatic rings. The van der Waals surface area contributed by atoms with Gasteiger partial charge in [0.1, 0.15) is 5.76 Å². The first-order valence-corrected chi connectivity index (χ1v) is 13.0. The number of carbonyl (C=O) groups excluding carboxylic acids is 1. The Balaban J connectivity index is 1.43. The number of carbonyl (C=O) groups is 1. The molecule has 0 bridgehead atoms.